The van der Waals surface area contributed by atoms with Gasteiger partial charge in [-0.3, -0.25) is 5.10 Å². The first-order chi connectivity index (χ1) is 11.7. The summed E-state index contributed by atoms with van der Waals surface area (Å²) in [6, 6.07) is 6.16. The molecule has 1 aliphatic rings. The fraction of sp³-hybridized carbons (Fsp3) is 0.471. The Balaban J connectivity index is 1.35. The Morgan fingerprint density at radius 2 is 2.29 bits per heavy atom. The molecular weight excluding hydrogens is 306 g/mol. The lowest BCUT2D eigenvalue weighted by molar-refractivity contribution is 0.130. The first-order valence-electron chi connectivity index (χ1n) is 8.30. The molecule has 126 valence electrons. The highest BCUT2D eigenvalue weighted by molar-refractivity contribution is 5.81. The summed E-state index contributed by atoms with van der Waals surface area (Å²) in [6.07, 6.45) is 3.04. The lowest BCUT2D eigenvalue weighted by Gasteiger charge is -2.15. The molecule has 1 fully saturated rings. The lowest BCUT2D eigenvalue weighted by Crippen LogP contribution is -2.27. The Bertz CT molecular complexity index is 827. The minimum absolute atomic E-state index is 0.157. The number of hydrogen-bond acceptors (Lipinski definition) is 6. The van der Waals surface area contributed by atoms with E-state index in [2.05, 4.69) is 31.7 Å². The second kappa shape index (κ2) is 6.33. The van der Waals surface area contributed by atoms with Gasteiger partial charge in [-0.2, -0.15) is 10.1 Å². The van der Waals surface area contributed by atoms with Gasteiger partial charge in [-0.25, -0.2) is 0 Å². The smallest absolute Gasteiger partial charge is 0.229 e. The van der Waals surface area contributed by atoms with Crippen LogP contribution >= 0.6 is 0 Å². The first-order valence-corrected chi connectivity index (χ1v) is 8.30. The van der Waals surface area contributed by atoms with Crippen LogP contribution in [-0.4, -0.2) is 38.1 Å². The van der Waals surface area contributed by atoms with Gasteiger partial charge in [-0.15, -0.1) is 0 Å². The minimum Gasteiger partial charge on any atom is -0.393 e. The topological polar surface area (TPSA) is 99.9 Å². The molecule has 0 radical (unpaired) electrons. The van der Waals surface area contributed by atoms with Crippen molar-refractivity contribution in [3.63, 3.8) is 0 Å². The molecule has 3 N–H and O–H groups in total. The van der Waals surface area contributed by atoms with Gasteiger partial charge in [-0.05, 0) is 31.2 Å². The number of aliphatic hydroxyl groups excluding tert-OH is 1. The van der Waals surface area contributed by atoms with E-state index in [0.29, 0.717) is 18.1 Å². The summed E-state index contributed by atoms with van der Waals surface area (Å²) in [4.78, 5) is 4.30. The molecule has 1 aliphatic carbocycles. The van der Waals surface area contributed by atoms with Crippen LogP contribution in [0.5, 0.6) is 0 Å². The average molecular weight is 327 g/mol. The first kappa shape index (κ1) is 15.3. The Kier molecular flexibility index (Phi) is 4.03. The van der Waals surface area contributed by atoms with Crippen molar-refractivity contribution in [2.75, 3.05) is 6.54 Å². The molecule has 2 heterocycles. The molecule has 0 amide bonds. The van der Waals surface area contributed by atoms with E-state index in [1.165, 1.54) is 5.56 Å². The van der Waals surface area contributed by atoms with Crippen LogP contribution < -0.4 is 5.32 Å². The summed E-state index contributed by atoms with van der Waals surface area (Å²) < 4.78 is 5.25. The van der Waals surface area contributed by atoms with E-state index < -0.39 is 0 Å². The predicted octanol–water partition coefficient (Wildman–Crippen LogP) is 1.90. The minimum atomic E-state index is -0.336. The van der Waals surface area contributed by atoms with Crippen LogP contribution in [0.1, 0.15) is 36.0 Å². The van der Waals surface area contributed by atoms with Crippen LogP contribution in [-0.2, 0) is 6.54 Å². The van der Waals surface area contributed by atoms with E-state index in [1.54, 1.807) is 0 Å². The van der Waals surface area contributed by atoms with Crippen molar-refractivity contribution in [1.82, 2.24) is 25.7 Å². The number of aryl methyl sites for hydroxylation is 1. The van der Waals surface area contributed by atoms with Crippen molar-refractivity contribution in [1.29, 1.82) is 0 Å². The van der Waals surface area contributed by atoms with Crippen LogP contribution in [0.25, 0.3) is 10.9 Å². The average Bonchev–Trinajstić information content (AvgIpc) is 3.28. The van der Waals surface area contributed by atoms with E-state index in [9.17, 15) is 5.11 Å². The number of hydrogen-bond donors (Lipinski definition) is 3. The van der Waals surface area contributed by atoms with Crippen LogP contribution in [0.4, 0.5) is 0 Å². The van der Waals surface area contributed by atoms with Gasteiger partial charge in [0.15, 0.2) is 5.82 Å². The largest absolute Gasteiger partial charge is 0.393 e. The van der Waals surface area contributed by atoms with Crippen LogP contribution in [0.15, 0.2) is 28.9 Å². The molecule has 1 saturated carbocycles. The van der Waals surface area contributed by atoms with Crippen LogP contribution in [0.3, 0.4) is 0 Å². The van der Waals surface area contributed by atoms with Crippen molar-refractivity contribution in [3.05, 3.63) is 41.7 Å². The molecule has 2 aromatic heterocycles. The van der Waals surface area contributed by atoms with Gasteiger partial charge < -0.3 is 14.9 Å². The number of aromatic nitrogens is 4. The third kappa shape index (κ3) is 2.92. The van der Waals surface area contributed by atoms with Gasteiger partial charge in [0.2, 0.25) is 5.89 Å². The van der Waals surface area contributed by atoms with Crippen molar-refractivity contribution >= 4 is 10.9 Å². The molecule has 3 aromatic rings. The van der Waals surface area contributed by atoms with Crippen molar-refractivity contribution in [3.8, 4) is 0 Å². The molecule has 3 atom stereocenters. The molecule has 7 nitrogen and oxygen atoms in total. The molecule has 4 rings (SSSR count). The molecule has 0 aliphatic heterocycles. The number of fused-ring (bicyclic) bond motifs is 1. The van der Waals surface area contributed by atoms with Crippen LogP contribution in [0.2, 0.25) is 0 Å². The van der Waals surface area contributed by atoms with E-state index in [-0.39, 0.29) is 17.9 Å². The zero-order chi connectivity index (χ0) is 16.5. The van der Waals surface area contributed by atoms with Gasteiger partial charge in [0.05, 0.1) is 17.8 Å². The molecule has 0 spiro atoms. The molecule has 0 saturated heterocycles. The molecule has 0 unspecified atom stereocenters. The fourth-order valence-corrected chi connectivity index (χ4v) is 3.57. The number of rotatable bonds is 5. The number of benzene rings is 1. The van der Waals surface area contributed by atoms with Gasteiger partial charge in [0.1, 0.15) is 0 Å². The number of para-hydroxylation sites is 1. The number of nitrogens with zero attached hydrogens (tertiary/aromatic N) is 3. The maximum absolute atomic E-state index is 10.3. The van der Waals surface area contributed by atoms with Crippen molar-refractivity contribution in [2.45, 2.75) is 38.3 Å². The van der Waals surface area contributed by atoms with Gasteiger partial charge in [0.25, 0.3) is 0 Å². The third-order valence-electron chi connectivity index (χ3n) is 4.83. The van der Waals surface area contributed by atoms with Crippen molar-refractivity contribution in [2.24, 2.45) is 5.92 Å². The highest BCUT2D eigenvalue weighted by Crippen LogP contribution is 2.37. The van der Waals surface area contributed by atoms with Gasteiger partial charge in [-0.1, -0.05) is 23.4 Å². The Morgan fingerprint density at radius 1 is 1.38 bits per heavy atom. The number of aliphatic hydroxyl groups is 1. The Morgan fingerprint density at radius 3 is 3.12 bits per heavy atom. The monoisotopic (exact) mass is 327 g/mol. The summed E-state index contributed by atoms with van der Waals surface area (Å²) >= 11 is 0. The fourth-order valence-electron chi connectivity index (χ4n) is 3.57. The number of aromatic amines is 1. The van der Waals surface area contributed by atoms with Crippen molar-refractivity contribution < 1.29 is 9.63 Å². The lowest BCUT2D eigenvalue weighted by atomic mass is 10.0. The third-order valence-corrected chi connectivity index (χ3v) is 4.83. The molecule has 24 heavy (non-hydrogen) atoms. The van der Waals surface area contributed by atoms with Crippen LogP contribution in [0, 0.1) is 12.8 Å². The summed E-state index contributed by atoms with van der Waals surface area (Å²) in [5, 5.41) is 25.9. The van der Waals surface area contributed by atoms with E-state index in [4.69, 9.17) is 4.52 Å². The molecule has 0 bridgehead atoms. The highest BCUT2D eigenvalue weighted by Gasteiger charge is 2.36. The summed E-state index contributed by atoms with van der Waals surface area (Å²) in [7, 11) is 0. The molecular formula is C17H21N5O2. The normalized spacial score (nSPS) is 24.0. The number of H-pyrrole nitrogens is 1. The summed E-state index contributed by atoms with van der Waals surface area (Å²) in [6.45, 7) is 3.32. The maximum atomic E-state index is 10.3. The quantitative estimate of drug-likeness (QED) is 0.662. The van der Waals surface area contributed by atoms with E-state index >= 15 is 0 Å². The van der Waals surface area contributed by atoms with E-state index in [1.807, 2.05) is 25.3 Å². The Labute approximate surface area is 139 Å². The number of nitrogens with one attached hydrogen (secondary N) is 2. The second-order valence-corrected chi connectivity index (χ2v) is 6.56. The zero-order valence-corrected chi connectivity index (χ0v) is 13.6. The predicted molar refractivity (Wildman–Crippen MR) is 88.3 cm³/mol. The second-order valence-electron chi connectivity index (χ2n) is 6.56. The molecule has 1 aromatic carbocycles. The molecule has 7 heteroatoms. The maximum Gasteiger partial charge on any atom is 0.229 e. The van der Waals surface area contributed by atoms with Gasteiger partial charge >= 0.3 is 0 Å². The highest BCUT2D eigenvalue weighted by atomic mass is 16.5. The summed E-state index contributed by atoms with van der Waals surface area (Å²) in [5.41, 5.74) is 2.25. The van der Waals surface area contributed by atoms with E-state index in [0.717, 1.165) is 30.4 Å². The SMILES string of the molecule is Cc1noc([C@H]2C[C@H](CNCc3cccc4cn[nH]c34)[C@H](O)C2)n1. The Hall–Kier alpha value is -2.25. The van der Waals surface area contributed by atoms with Gasteiger partial charge in [0, 0.05) is 24.4 Å². The summed E-state index contributed by atoms with van der Waals surface area (Å²) in [5.74, 6) is 1.65. The standard InChI is InChI=1S/C17H21N5O2/c1-10-20-17(24-22-10)13-5-14(15(23)6-13)8-18-7-11-3-2-4-12-9-19-21-16(11)12/h2-4,9,13-15,18,23H,5-8H2,1H3,(H,19,21)/t13-,14+,15+/m0/s1. The zero-order valence-electron chi connectivity index (χ0n) is 13.6.